The molecule has 6 heteroatoms. The highest BCUT2D eigenvalue weighted by Gasteiger charge is 2.54. The Bertz CT molecular complexity index is 687. The van der Waals surface area contributed by atoms with Crippen molar-refractivity contribution in [3.05, 3.63) is 29.8 Å². The van der Waals surface area contributed by atoms with Gasteiger partial charge in [-0.15, -0.1) is 0 Å². The van der Waals surface area contributed by atoms with Gasteiger partial charge in [0.1, 0.15) is 5.75 Å². The molecule has 1 spiro atoms. The van der Waals surface area contributed by atoms with Gasteiger partial charge in [-0.05, 0) is 37.2 Å². The number of carbonyl (C=O) groups excluding carboxylic acids is 1. The van der Waals surface area contributed by atoms with Crippen molar-refractivity contribution in [2.24, 2.45) is 0 Å². The molecule has 160 valence electrons. The van der Waals surface area contributed by atoms with E-state index in [-0.39, 0.29) is 11.4 Å². The van der Waals surface area contributed by atoms with Gasteiger partial charge in [0.05, 0.1) is 31.9 Å². The first kappa shape index (κ1) is 20.6. The SMILES string of the molecule is CCCCCCN1CC2(C1)CN(C(=O)c1ccc(OC)cc1)CC1COCCN12. The zero-order valence-corrected chi connectivity index (χ0v) is 17.9. The van der Waals surface area contributed by atoms with Crippen LogP contribution in [0.5, 0.6) is 5.75 Å². The fraction of sp³-hybridized carbons (Fsp3) is 0.696. The summed E-state index contributed by atoms with van der Waals surface area (Å²) < 4.78 is 11.0. The number of nitrogens with zero attached hydrogens (tertiary/aromatic N) is 3. The Labute approximate surface area is 174 Å². The second-order valence-electron chi connectivity index (χ2n) is 8.83. The van der Waals surface area contributed by atoms with Crippen molar-refractivity contribution >= 4 is 5.91 Å². The summed E-state index contributed by atoms with van der Waals surface area (Å²) in [7, 11) is 1.65. The molecular weight excluding hydrogens is 366 g/mol. The average molecular weight is 402 g/mol. The van der Waals surface area contributed by atoms with E-state index in [0.29, 0.717) is 6.04 Å². The van der Waals surface area contributed by atoms with E-state index in [1.165, 1.54) is 32.2 Å². The topological polar surface area (TPSA) is 45.3 Å². The van der Waals surface area contributed by atoms with E-state index in [1.54, 1.807) is 7.11 Å². The largest absolute Gasteiger partial charge is 0.497 e. The second-order valence-corrected chi connectivity index (χ2v) is 8.83. The lowest BCUT2D eigenvalue weighted by Gasteiger charge is -2.63. The van der Waals surface area contributed by atoms with E-state index in [9.17, 15) is 4.79 Å². The van der Waals surface area contributed by atoms with Crippen LogP contribution in [0.25, 0.3) is 0 Å². The molecule has 3 heterocycles. The molecule has 1 aromatic carbocycles. The standard InChI is InChI=1S/C23H35N3O3/c1-3-4-5-6-11-24-16-23(17-24)18-25(14-20-15-29-13-12-26(20)23)22(27)19-7-9-21(28-2)10-8-19/h7-10,20H,3-6,11-18H2,1-2H3. The summed E-state index contributed by atoms with van der Waals surface area (Å²) in [5.41, 5.74) is 0.835. The number of carbonyl (C=O) groups is 1. The summed E-state index contributed by atoms with van der Waals surface area (Å²) in [4.78, 5) is 20.5. The summed E-state index contributed by atoms with van der Waals surface area (Å²) in [5.74, 6) is 0.903. The van der Waals surface area contributed by atoms with Gasteiger partial charge < -0.3 is 14.4 Å². The van der Waals surface area contributed by atoms with Gasteiger partial charge in [-0.2, -0.15) is 0 Å². The fourth-order valence-electron chi connectivity index (χ4n) is 5.25. The van der Waals surface area contributed by atoms with Gasteiger partial charge in [0.25, 0.3) is 5.91 Å². The van der Waals surface area contributed by atoms with Crippen LogP contribution in [-0.4, -0.2) is 91.8 Å². The van der Waals surface area contributed by atoms with Crippen LogP contribution in [0.3, 0.4) is 0 Å². The lowest BCUT2D eigenvalue weighted by molar-refractivity contribution is -0.158. The minimum Gasteiger partial charge on any atom is -0.497 e. The number of ether oxygens (including phenoxy) is 2. The third-order valence-electron chi connectivity index (χ3n) is 6.74. The Morgan fingerprint density at radius 1 is 1.17 bits per heavy atom. The van der Waals surface area contributed by atoms with Crippen LogP contribution >= 0.6 is 0 Å². The lowest BCUT2D eigenvalue weighted by atomic mass is 9.82. The zero-order valence-electron chi connectivity index (χ0n) is 17.9. The number of morpholine rings is 1. The molecule has 0 radical (unpaired) electrons. The molecule has 1 aromatic rings. The molecule has 3 aliphatic rings. The van der Waals surface area contributed by atoms with Crippen molar-refractivity contribution in [3.63, 3.8) is 0 Å². The smallest absolute Gasteiger partial charge is 0.253 e. The maximum atomic E-state index is 13.2. The Hall–Kier alpha value is -1.63. The second kappa shape index (κ2) is 9.02. The van der Waals surface area contributed by atoms with E-state index in [1.807, 2.05) is 24.3 Å². The quantitative estimate of drug-likeness (QED) is 0.657. The highest BCUT2D eigenvalue weighted by Crippen LogP contribution is 2.36. The van der Waals surface area contributed by atoms with Crippen LogP contribution in [0.2, 0.25) is 0 Å². The summed E-state index contributed by atoms with van der Waals surface area (Å²) in [6.45, 7) is 9.68. The molecule has 0 saturated carbocycles. The lowest BCUT2D eigenvalue weighted by Crippen LogP contribution is -2.80. The van der Waals surface area contributed by atoms with Gasteiger partial charge in [0.15, 0.2) is 0 Å². The number of hydrogen-bond acceptors (Lipinski definition) is 5. The number of piperazine rings is 1. The molecule has 4 rings (SSSR count). The van der Waals surface area contributed by atoms with E-state index in [2.05, 4.69) is 21.6 Å². The maximum Gasteiger partial charge on any atom is 0.253 e. The predicted octanol–water partition coefficient (Wildman–Crippen LogP) is 2.49. The van der Waals surface area contributed by atoms with Crippen LogP contribution in [0.1, 0.15) is 43.0 Å². The number of benzene rings is 1. The molecule has 29 heavy (non-hydrogen) atoms. The van der Waals surface area contributed by atoms with Crippen molar-refractivity contribution in [1.29, 1.82) is 0 Å². The van der Waals surface area contributed by atoms with Crippen LogP contribution in [-0.2, 0) is 4.74 Å². The molecule has 0 bridgehead atoms. The number of unbranched alkanes of at least 4 members (excludes halogenated alkanes) is 3. The number of likely N-dealkylation sites (tertiary alicyclic amines) is 1. The first-order valence-electron chi connectivity index (χ1n) is 11.2. The van der Waals surface area contributed by atoms with Gasteiger partial charge in [0, 0.05) is 38.3 Å². The molecule has 3 fully saturated rings. The molecule has 1 unspecified atom stereocenters. The van der Waals surface area contributed by atoms with Gasteiger partial charge in [-0.1, -0.05) is 26.2 Å². The molecule has 0 N–H and O–H groups in total. The number of rotatable bonds is 7. The molecule has 1 atom stereocenters. The van der Waals surface area contributed by atoms with Crippen molar-refractivity contribution in [2.75, 3.05) is 59.6 Å². The highest BCUT2D eigenvalue weighted by molar-refractivity contribution is 5.94. The van der Waals surface area contributed by atoms with Gasteiger partial charge in [-0.3, -0.25) is 14.6 Å². The van der Waals surface area contributed by atoms with Crippen LogP contribution in [0, 0.1) is 0 Å². The minimum absolute atomic E-state index is 0.0968. The summed E-state index contributed by atoms with van der Waals surface area (Å²) >= 11 is 0. The van der Waals surface area contributed by atoms with E-state index >= 15 is 0 Å². The number of amides is 1. The first-order valence-corrected chi connectivity index (χ1v) is 11.2. The molecular formula is C23H35N3O3. The number of methoxy groups -OCH3 is 1. The minimum atomic E-state index is 0.0968. The average Bonchev–Trinajstić information content (AvgIpc) is 2.74. The molecule has 0 aromatic heterocycles. The molecule has 6 nitrogen and oxygen atoms in total. The summed E-state index contributed by atoms with van der Waals surface area (Å²) in [6.07, 6.45) is 5.21. The maximum absolute atomic E-state index is 13.2. The molecule has 1 amide bonds. The predicted molar refractivity (Wildman–Crippen MR) is 114 cm³/mol. The van der Waals surface area contributed by atoms with Gasteiger partial charge in [-0.25, -0.2) is 0 Å². The molecule has 3 aliphatic heterocycles. The van der Waals surface area contributed by atoms with Crippen molar-refractivity contribution in [1.82, 2.24) is 14.7 Å². The van der Waals surface area contributed by atoms with Crippen LogP contribution in [0.15, 0.2) is 24.3 Å². The zero-order chi connectivity index (χ0) is 20.3. The molecule has 3 saturated heterocycles. The highest BCUT2D eigenvalue weighted by atomic mass is 16.5. The van der Waals surface area contributed by atoms with Crippen molar-refractivity contribution in [3.8, 4) is 5.75 Å². The Morgan fingerprint density at radius 3 is 2.69 bits per heavy atom. The third kappa shape index (κ3) is 4.30. The monoisotopic (exact) mass is 401 g/mol. The van der Waals surface area contributed by atoms with Gasteiger partial charge >= 0.3 is 0 Å². The van der Waals surface area contributed by atoms with Crippen LogP contribution in [0.4, 0.5) is 0 Å². The van der Waals surface area contributed by atoms with Crippen molar-refractivity contribution < 1.29 is 14.3 Å². The normalized spacial score (nSPS) is 24.2. The Kier molecular flexibility index (Phi) is 6.42. The summed E-state index contributed by atoms with van der Waals surface area (Å²) in [5, 5.41) is 0. The van der Waals surface area contributed by atoms with E-state index in [0.717, 1.165) is 57.3 Å². The Balaban J connectivity index is 1.43. The fourth-order valence-corrected chi connectivity index (χ4v) is 5.25. The number of fused-ring (bicyclic) bond motifs is 2. The number of hydrogen-bond donors (Lipinski definition) is 0. The van der Waals surface area contributed by atoms with Crippen LogP contribution < -0.4 is 4.74 Å². The third-order valence-corrected chi connectivity index (χ3v) is 6.74. The van der Waals surface area contributed by atoms with E-state index < -0.39 is 0 Å². The first-order chi connectivity index (χ1) is 14.1. The van der Waals surface area contributed by atoms with Crippen molar-refractivity contribution in [2.45, 2.75) is 44.2 Å². The Morgan fingerprint density at radius 2 is 1.97 bits per heavy atom. The van der Waals surface area contributed by atoms with E-state index in [4.69, 9.17) is 9.47 Å². The van der Waals surface area contributed by atoms with Gasteiger partial charge in [0.2, 0.25) is 0 Å². The molecule has 0 aliphatic carbocycles. The summed E-state index contributed by atoms with van der Waals surface area (Å²) in [6, 6.07) is 7.79.